The first kappa shape index (κ1) is 31.2. The van der Waals surface area contributed by atoms with Crippen LogP contribution in [0.3, 0.4) is 0 Å². The second-order valence-electron chi connectivity index (χ2n) is 12.7. The molecule has 4 heteroatoms. The van der Waals surface area contributed by atoms with E-state index < -0.39 is 20.6 Å². The standard InChI is InChI=1S/C20H24N3.3C7H7.Zr/c1-5-17-8-6-7-9-18(17)22-10-11-23(20(22)21)19-15(3)12-14(2)13-16(19)4;3*1-7-5-3-2-4-6-7;/h6-9,12-13H,5,10-11H2,1-4H3;3*2-6H,1H2;/q-1;;;;+1. The molecule has 0 atom stereocenters. The topological polar surface area (TPSA) is 18.8 Å². The number of nitrogens with zero attached hydrogens (tertiary/aromatic N) is 3. The van der Waals surface area contributed by atoms with E-state index in [0.29, 0.717) is 0 Å². The van der Waals surface area contributed by atoms with E-state index in [-0.39, 0.29) is 0 Å². The van der Waals surface area contributed by atoms with Crippen molar-refractivity contribution in [3.63, 3.8) is 0 Å². The summed E-state index contributed by atoms with van der Waals surface area (Å²) in [6, 6.07) is 47.0. The zero-order valence-corrected chi connectivity index (χ0v) is 29.7. The summed E-state index contributed by atoms with van der Waals surface area (Å²) < 4.78 is 9.41. The Morgan fingerprint density at radius 3 is 1.51 bits per heavy atom. The van der Waals surface area contributed by atoms with Crippen LogP contribution >= 0.6 is 0 Å². The molecule has 0 aromatic heterocycles. The van der Waals surface area contributed by atoms with Crippen LogP contribution in [0.4, 0.5) is 11.4 Å². The molecule has 5 aromatic carbocycles. The zero-order valence-electron chi connectivity index (χ0n) is 27.2. The number of hydrogen-bond donors (Lipinski definition) is 0. The van der Waals surface area contributed by atoms with Crippen molar-refractivity contribution in [3.05, 3.63) is 166 Å². The fourth-order valence-corrected chi connectivity index (χ4v) is 17.7. The van der Waals surface area contributed by atoms with E-state index >= 15 is 0 Å². The Kier molecular flexibility index (Phi) is 9.81. The van der Waals surface area contributed by atoms with Crippen molar-refractivity contribution in [2.24, 2.45) is 2.94 Å². The number of guanidine groups is 1. The van der Waals surface area contributed by atoms with Crippen molar-refractivity contribution in [1.82, 2.24) is 0 Å². The van der Waals surface area contributed by atoms with E-state index in [2.05, 4.69) is 165 Å². The zero-order chi connectivity index (χ0) is 31.2. The van der Waals surface area contributed by atoms with Gasteiger partial charge in [0.2, 0.25) is 0 Å². The predicted molar refractivity (Wildman–Crippen MR) is 189 cm³/mol. The molecule has 45 heavy (non-hydrogen) atoms. The summed E-state index contributed by atoms with van der Waals surface area (Å²) in [6.07, 6.45) is 0.995. The SMILES string of the molecule is CCc1ccccc1N1CCN(c2c(C)cc(C)cc2C)/C1=[N]/[Zr]([CH2]c1ccccc1)([CH2]c1ccccc1)[CH2]c1ccccc1. The van der Waals surface area contributed by atoms with E-state index in [4.69, 9.17) is 2.94 Å². The van der Waals surface area contributed by atoms with Gasteiger partial charge in [-0.25, -0.2) is 0 Å². The van der Waals surface area contributed by atoms with Crippen LogP contribution in [0, 0.1) is 20.8 Å². The van der Waals surface area contributed by atoms with Crippen LogP contribution in [0.5, 0.6) is 0 Å². The molecule has 1 saturated heterocycles. The van der Waals surface area contributed by atoms with Gasteiger partial charge in [0.25, 0.3) is 0 Å². The van der Waals surface area contributed by atoms with Crippen molar-refractivity contribution in [1.29, 1.82) is 0 Å². The Morgan fingerprint density at radius 2 is 1.02 bits per heavy atom. The molecule has 0 spiro atoms. The number of aryl methyl sites for hydroxylation is 4. The molecule has 3 nitrogen and oxygen atoms in total. The number of benzene rings is 5. The van der Waals surface area contributed by atoms with Gasteiger partial charge >= 0.3 is 277 Å². The van der Waals surface area contributed by atoms with E-state index in [1.165, 1.54) is 50.3 Å². The molecule has 0 radical (unpaired) electrons. The van der Waals surface area contributed by atoms with E-state index in [0.717, 1.165) is 37.9 Å². The average molecular weight is 671 g/mol. The van der Waals surface area contributed by atoms with E-state index in [1.807, 2.05) is 0 Å². The van der Waals surface area contributed by atoms with E-state index in [9.17, 15) is 0 Å². The second kappa shape index (κ2) is 14.1. The van der Waals surface area contributed by atoms with Crippen molar-refractivity contribution in [2.45, 2.75) is 46.5 Å². The fraction of sp³-hybridized carbons (Fsp3) is 0.244. The van der Waals surface area contributed by atoms with Crippen molar-refractivity contribution in [3.8, 4) is 0 Å². The molecule has 0 amide bonds. The van der Waals surface area contributed by atoms with Gasteiger partial charge in [-0.3, -0.25) is 0 Å². The predicted octanol–water partition coefficient (Wildman–Crippen LogP) is 9.53. The Bertz CT molecular complexity index is 1620. The third-order valence-corrected chi connectivity index (χ3v) is 18.6. The van der Waals surface area contributed by atoms with Crippen molar-refractivity contribution in [2.75, 3.05) is 22.9 Å². The maximum atomic E-state index is 6.27. The quantitative estimate of drug-likeness (QED) is 0.147. The molecule has 228 valence electrons. The summed E-state index contributed by atoms with van der Waals surface area (Å²) >= 11 is -3.57. The van der Waals surface area contributed by atoms with Crippen LogP contribution in [0.2, 0.25) is 0 Å². The van der Waals surface area contributed by atoms with Gasteiger partial charge in [-0.05, 0) is 0 Å². The summed E-state index contributed by atoms with van der Waals surface area (Å²) in [5.41, 5.74) is 12.1. The molecule has 5 aromatic rings. The Balaban J connectivity index is 1.60. The molecule has 6 rings (SSSR count). The van der Waals surface area contributed by atoms with Gasteiger partial charge in [0.15, 0.2) is 0 Å². The summed E-state index contributed by atoms with van der Waals surface area (Å²) in [6.45, 7) is 10.8. The van der Waals surface area contributed by atoms with Crippen LogP contribution in [0.15, 0.2) is 130 Å². The molecular formula is C41H45N3Zr. The summed E-state index contributed by atoms with van der Waals surface area (Å²) in [5, 5.41) is 0. The molecule has 0 N–H and O–H groups in total. The second-order valence-corrected chi connectivity index (χ2v) is 21.8. The number of para-hydroxylation sites is 1. The number of hydrogen-bond acceptors (Lipinski definition) is 1. The monoisotopic (exact) mass is 669 g/mol. The van der Waals surface area contributed by atoms with Crippen molar-refractivity contribution < 1.29 is 20.6 Å². The fourth-order valence-electron chi connectivity index (χ4n) is 7.22. The number of anilines is 2. The first-order valence-corrected chi connectivity index (χ1v) is 22.7. The molecule has 1 heterocycles. The van der Waals surface area contributed by atoms with Gasteiger partial charge < -0.3 is 0 Å². The van der Waals surface area contributed by atoms with Gasteiger partial charge in [-0.1, -0.05) is 0 Å². The number of rotatable bonds is 10. The summed E-state index contributed by atoms with van der Waals surface area (Å²) in [4.78, 5) is 5.10. The molecule has 1 fully saturated rings. The maximum absolute atomic E-state index is 6.27. The molecule has 1 aliphatic rings. The van der Waals surface area contributed by atoms with Crippen LogP contribution in [-0.2, 0) is 39.4 Å². The first-order chi connectivity index (χ1) is 21.9. The Labute approximate surface area is 275 Å². The molecule has 0 aliphatic carbocycles. The van der Waals surface area contributed by atoms with Crippen LogP contribution < -0.4 is 9.80 Å². The molecule has 0 unspecified atom stereocenters. The summed E-state index contributed by atoms with van der Waals surface area (Å²) in [5.74, 6) is 1.14. The van der Waals surface area contributed by atoms with E-state index in [1.54, 1.807) is 0 Å². The first-order valence-electron chi connectivity index (χ1n) is 16.4. The van der Waals surface area contributed by atoms with Gasteiger partial charge in [0.05, 0.1) is 0 Å². The average Bonchev–Trinajstić information content (AvgIpc) is 3.44. The van der Waals surface area contributed by atoms with Gasteiger partial charge in [-0.15, -0.1) is 0 Å². The van der Waals surface area contributed by atoms with Gasteiger partial charge in [0, 0.05) is 0 Å². The van der Waals surface area contributed by atoms with Gasteiger partial charge in [-0.2, -0.15) is 0 Å². The Morgan fingerprint density at radius 1 is 0.578 bits per heavy atom. The van der Waals surface area contributed by atoms with Gasteiger partial charge in [0.1, 0.15) is 0 Å². The molecular weight excluding hydrogens is 626 g/mol. The normalized spacial score (nSPS) is 14.4. The van der Waals surface area contributed by atoms with Crippen molar-refractivity contribution >= 4 is 17.3 Å². The third-order valence-electron chi connectivity index (χ3n) is 9.06. The summed E-state index contributed by atoms with van der Waals surface area (Å²) in [7, 11) is 0. The third kappa shape index (κ3) is 7.23. The molecule has 1 aliphatic heterocycles. The van der Waals surface area contributed by atoms with Crippen LogP contribution in [-0.4, -0.2) is 19.0 Å². The minimum atomic E-state index is -3.57. The Hall–Kier alpha value is -3.75. The minimum absolute atomic E-state index is 0.922. The molecule has 0 bridgehead atoms. The van der Waals surface area contributed by atoms with Crippen LogP contribution in [0.1, 0.15) is 45.9 Å². The van der Waals surface area contributed by atoms with Crippen LogP contribution in [0.25, 0.3) is 0 Å². The molecule has 0 saturated carbocycles.